The highest BCUT2D eigenvalue weighted by Crippen LogP contribution is 2.49. The molecule has 5 aliphatic rings. The van der Waals surface area contributed by atoms with Crippen molar-refractivity contribution in [3.63, 3.8) is 0 Å². The zero-order valence-electron chi connectivity index (χ0n) is 35.2. The molecule has 4 saturated heterocycles. The fourth-order valence-electron chi connectivity index (χ4n) is 10.1. The van der Waals surface area contributed by atoms with E-state index in [1.54, 1.807) is 40.8 Å². The lowest BCUT2D eigenvalue weighted by atomic mass is 9.70. The SMILES string of the molecule is CCN(C)SNc1ccc(F)c(Oc2ccc3ncn(C4COC5(CCC(N6CC7(CN(c8cc9c(cc8F)c(N8CCC(=O)NC8=O)nn9C)C7)C6)CC5)C4)c(=O)c3c2)c1C#N. The third kappa shape index (κ3) is 7.32. The van der Waals surface area contributed by atoms with E-state index in [0.717, 1.165) is 58.4 Å². The van der Waals surface area contributed by atoms with Gasteiger partial charge >= 0.3 is 6.03 Å². The van der Waals surface area contributed by atoms with Gasteiger partial charge in [0.2, 0.25) is 5.91 Å². The minimum absolute atomic E-state index is 0.0124. The van der Waals surface area contributed by atoms with Crippen molar-refractivity contribution in [1.82, 2.24) is 33.9 Å². The Morgan fingerprint density at radius 1 is 1.05 bits per heavy atom. The molecule has 2 N–H and O–H groups in total. The van der Waals surface area contributed by atoms with Gasteiger partial charge in [0, 0.05) is 81.7 Å². The number of ether oxygens (including phenoxy) is 2. The van der Waals surface area contributed by atoms with E-state index < -0.39 is 11.8 Å². The number of hydrogen-bond donors (Lipinski definition) is 2. The highest BCUT2D eigenvalue weighted by Gasteiger charge is 2.55. The average molecular weight is 880 g/mol. The molecule has 2 spiro atoms. The minimum atomic E-state index is -0.697. The van der Waals surface area contributed by atoms with E-state index >= 15 is 8.78 Å². The lowest BCUT2D eigenvalue weighted by Crippen LogP contribution is -2.74. The van der Waals surface area contributed by atoms with Gasteiger partial charge in [0.05, 0.1) is 52.4 Å². The zero-order valence-corrected chi connectivity index (χ0v) is 36.0. The fraction of sp³-hybridized carbons (Fsp3) is 0.455. The lowest BCUT2D eigenvalue weighted by Gasteiger charge is -2.63. The monoisotopic (exact) mass is 879 g/mol. The van der Waals surface area contributed by atoms with Gasteiger partial charge in [-0.2, -0.15) is 10.4 Å². The number of likely N-dealkylation sites (tertiary alicyclic amines) is 1. The number of hydrogen-bond acceptors (Lipinski definition) is 13. The number of nitrogens with zero attached hydrogens (tertiary/aromatic N) is 9. The second kappa shape index (κ2) is 15.8. The maximum atomic E-state index is 15.7. The molecule has 1 saturated carbocycles. The number of benzene rings is 3. The quantitative estimate of drug-likeness (QED) is 0.156. The fourth-order valence-corrected chi connectivity index (χ4v) is 10.7. The Morgan fingerprint density at radius 3 is 2.59 bits per heavy atom. The summed E-state index contributed by atoms with van der Waals surface area (Å²) in [6, 6.07) is 12.5. The smallest absolute Gasteiger partial charge is 0.329 e. The molecule has 0 radical (unpaired) electrons. The maximum absolute atomic E-state index is 15.7. The van der Waals surface area contributed by atoms with E-state index in [-0.39, 0.29) is 64.4 Å². The van der Waals surface area contributed by atoms with Crippen LogP contribution < -0.4 is 30.1 Å². The molecular weight excluding hydrogens is 833 g/mol. The standard InChI is InChI=1S/C44H47F2N11O5S/c1-4-52(2)63-51-35-8-6-32(45)39(31(35)19-47)62-28-5-7-34-29(15-28)41(59)57(25-48-34)27-18-44(61-20-27)12-9-26(10-13-44)54-21-43(22-54)23-55(24-43)37-17-36-30(16-33(37)46)40(50-53(36)3)56-14-11-38(58)49-42(56)60/h5-8,15-17,25-27,51H,4,9-14,18,20-24H2,1-3H3,(H,49,58,60). The number of fused-ring (bicyclic) bond motifs is 2. The number of aromatic nitrogens is 4. The lowest BCUT2D eigenvalue weighted by molar-refractivity contribution is -0.120. The third-order valence-corrected chi connectivity index (χ3v) is 14.5. The van der Waals surface area contributed by atoms with Crippen LogP contribution in [0.2, 0.25) is 0 Å². The summed E-state index contributed by atoms with van der Waals surface area (Å²) < 4.78 is 51.5. The number of nitrogens with one attached hydrogen (secondary N) is 2. The molecule has 10 rings (SSSR count). The van der Waals surface area contributed by atoms with Crippen LogP contribution in [0.4, 0.5) is 30.8 Å². The first-order chi connectivity index (χ1) is 30.3. The van der Waals surface area contributed by atoms with Crippen molar-refractivity contribution in [2.75, 3.05) is 67.4 Å². The molecule has 4 aliphatic heterocycles. The molecule has 16 nitrogen and oxygen atoms in total. The summed E-state index contributed by atoms with van der Waals surface area (Å²) in [4.78, 5) is 48.8. The number of carbonyl (C=O) groups is 2. The molecular formula is C44H47F2N11O5S. The Balaban J connectivity index is 0.752. The maximum Gasteiger partial charge on any atom is 0.329 e. The highest BCUT2D eigenvalue weighted by molar-refractivity contribution is 7.98. The summed E-state index contributed by atoms with van der Waals surface area (Å²) in [7, 11) is 3.66. The Kier molecular flexibility index (Phi) is 10.3. The molecule has 1 atom stereocenters. The number of nitriles is 1. The number of aryl methyl sites for hydroxylation is 1. The highest BCUT2D eigenvalue weighted by atomic mass is 32.2. The predicted octanol–water partition coefficient (Wildman–Crippen LogP) is 6.06. The second-order valence-corrected chi connectivity index (χ2v) is 18.7. The van der Waals surface area contributed by atoms with Crippen LogP contribution in [0.15, 0.2) is 53.6 Å². The Hall–Kier alpha value is -5.81. The van der Waals surface area contributed by atoms with Crippen molar-refractivity contribution < 1.29 is 27.8 Å². The van der Waals surface area contributed by atoms with E-state index in [4.69, 9.17) is 9.47 Å². The van der Waals surface area contributed by atoms with Crippen LogP contribution in [-0.2, 0) is 16.6 Å². The number of rotatable bonds is 10. The molecule has 3 amide bonds. The summed E-state index contributed by atoms with van der Waals surface area (Å²) in [6.07, 6.45) is 6.18. The van der Waals surface area contributed by atoms with E-state index in [0.29, 0.717) is 58.1 Å². The number of imide groups is 1. The minimum Gasteiger partial charge on any atom is -0.453 e. The summed E-state index contributed by atoms with van der Waals surface area (Å²) in [5.74, 6) is -1.08. The molecule has 1 aliphatic carbocycles. The van der Waals surface area contributed by atoms with Crippen molar-refractivity contribution in [3.05, 3.63) is 76.3 Å². The van der Waals surface area contributed by atoms with Gasteiger partial charge in [0.15, 0.2) is 17.4 Å². The molecule has 1 unspecified atom stereocenters. The van der Waals surface area contributed by atoms with Crippen LogP contribution in [0, 0.1) is 28.4 Å². The van der Waals surface area contributed by atoms with E-state index in [9.17, 15) is 19.6 Å². The number of urea groups is 1. The summed E-state index contributed by atoms with van der Waals surface area (Å²) in [5, 5.41) is 17.6. The molecule has 63 heavy (non-hydrogen) atoms. The third-order valence-electron chi connectivity index (χ3n) is 13.6. The largest absolute Gasteiger partial charge is 0.453 e. The Labute approximate surface area is 365 Å². The van der Waals surface area contributed by atoms with Gasteiger partial charge in [-0.15, -0.1) is 0 Å². The number of carbonyl (C=O) groups excluding carboxylic acids is 2. The van der Waals surface area contributed by atoms with Crippen LogP contribution >= 0.6 is 12.1 Å². The van der Waals surface area contributed by atoms with Crippen molar-refractivity contribution in [3.8, 4) is 17.6 Å². The first-order valence-corrected chi connectivity index (χ1v) is 22.1. The zero-order chi connectivity index (χ0) is 43.8. The van der Waals surface area contributed by atoms with Crippen LogP contribution in [-0.4, -0.2) is 105 Å². The van der Waals surface area contributed by atoms with Crippen LogP contribution in [0.5, 0.6) is 11.5 Å². The number of amides is 3. The average Bonchev–Trinajstić information content (AvgIpc) is 3.80. The molecule has 0 bridgehead atoms. The van der Waals surface area contributed by atoms with Gasteiger partial charge in [-0.05, 0) is 81.6 Å². The molecule has 19 heteroatoms. The van der Waals surface area contributed by atoms with E-state index in [1.165, 1.54) is 35.2 Å². The molecule has 6 heterocycles. The van der Waals surface area contributed by atoms with Gasteiger partial charge < -0.3 is 19.1 Å². The molecule has 5 aromatic rings. The van der Waals surface area contributed by atoms with Crippen LogP contribution in [0.25, 0.3) is 21.8 Å². The predicted molar refractivity (Wildman–Crippen MR) is 234 cm³/mol. The molecule has 328 valence electrons. The normalized spacial score (nSPS) is 23.4. The van der Waals surface area contributed by atoms with Gasteiger partial charge in [-0.1, -0.05) is 6.92 Å². The van der Waals surface area contributed by atoms with Crippen LogP contribution in [0.1, 0.15) is 57.1 Å². The molecule has 3 aromatic carbocycles. The van der Waals surface area contributed by atoms with Crippen molar-refractivity contribution >= 4 is 63.1 Å². The Morgan fingerprint density at radius 2 is 1.84 bits per heavy atom. The summed E-state index contributed by atoms with van der Waals surface area (Å²) in [5.41, 5.74) is 1.70. The van der Waals surface area contributed by atoms with Gasteiger partial charge in [0.1, 0.15) is 23.2 Å². The number of anilines is 3. The van der Waals surface area contributed by atoms with Crippen LogP contribution in [0.3, 0.4) is 0 Å². The molecule has 2 aromatic heterocycles. The summed E-state index contributed by atoms with van der Waals surface area (Å²) in [6.45, 7) is 6.76. The first kappa shape index (κ1) is 41.2. The van der Waals surface area contributed by atoms with Crippen molar-refractivity contribution in [2.45, 2.75) is 63.1 Å². The van der Waals surface area contributed by atoms with Gasteiger partial charge in [-0.25, -0.2) is 22.9 Å². The number of halogens is 2. The first-order valence-electron chi connectivity index (χ1n) is 21.3. The summed E-state index contributed by atoms with van der Waals surface area (Å²) >= 11 is 1.28. The molecule has 5 fully saturated rings. The van der Waals surface area contributed by atoms with Crippen molar-refractivity contribution in [1.29, 1.82) is 5.26 Å². The topological polar surface area (TPSA) is 166 Å². The van der Waals surface area contributed by atoms with Gasteiger partial charge in [-0.3, -0.25) is 34.0 Å². The van der Waals surface area contributed by atoms with Gasteiger partial charge in [0.25, 0.3) is 5.56 Å². The second-order valence-electron chi connectivity index (χ2n) is 17.7. The van der Waals surface area contributed by atoms with Crippen molar-refractivity contribution in [2.24, 2.45) is 12.5 Å². The Bertz CT molecular complexity index is 2770. The van der Waals surface area contributed by atoms with E-state index in [1.807, 2.05) is 24.3 Å². The van der Waals surface area contributed by atoms with E-state index in [2.05, 4.69) is 36.0 Å².